The molecule has 0 spiro atoms. The summed E-state index contributed by atoms with van der Waals surface area (Å²) in [5.41, 5.74) is 4.96. The molecule has 2 aromatic carbocycles. The fourth-order valence-corrected chi connectivity index (χ4v) is 5.40. The Bertz CT molecular complexity index is 1390. The Balaban J connectivity index is 1.68. The molecular weight excluding hydrogens is 421 g/mol. The van der Waals surface area contributed by atoms with Gasteiger partial charge in [-0.3, -0.25) is 9.89 Å². The van der Waals surface area contributed by atoms with E-state index in [1.165, 1.54) is 6.07 Å². The number of nitrogens with one attached hydrogen (secondary N) is 1. The Morgan fingerprint density at radius 2 is 2.06 bits per heavy atom. The number of H-pyrrole nitrogens is 1. The molecule has 6 rings (SSSR count). The molecule has 6 nitrogen and oxygen atoms in total. The average molecular weight is 448 g/mol. The van der Waals surface area contributed by atoms with Gasteiger partial charge in [-0.1, -0.05) is 0 Å². The highest BCUT2D eigenvalue weighted by atomic mass is 19.1. The number of aromatic nitrogens is 3. The quantitative estimate of drug-likeness (QED) is 0.438. The molecule has 7 heteroatoms. The molecule has 0 atom stereocenters. The number of carboxylic acid groups (broad SMARTS) is 1. The number of fused-ring (bicyclic) bond motifs is 2. The maximum atomic E-state index is 14.2. The summed E-state index contributed by atoms with van der Waals surface area (Å²) in [6.45, 7) is 3.14. The van der Waals surface area contributed by atoms with Gasteiger partial charge >= 0.3 is 5.97 Å². The number of benzene rings is 2. The third-order valence-electron chi connectivity index (χ3n) is 7.50. The number of aryl methyl sites for hydroxylation is 1. The number of hydrogen-bond acceptors (Lipinski definition) is 3. The minimum absolute atomic E-state index is 0.233. The molecule has 1 aliphatic carbocycles. The van der Waals surface area contributed by atoms with Crippen LogP contribution >= 0.6 is 0 Å². The zero-order valence-corrected chi connectivity index (χ0v) is 18.5. The van der Waals surface area contributed by atoms with Crippen LogP contribution in [-0.2, 0) is 16.0 Å². The van der Waals surface area contributed by atoms with Crippen molar-refractivity contribution in [2.45, 2.75) is 44.9 Å². The van der Waals surface area contributed by atoms with Gasteiger partial charge in [0.15, 0.2) is 0 Å². The number of carbonyl (C=O) groups is 1. The van der Waals surface area contributed by atoms with Crippen LogP contribution in [0.1, 0.15) is 48.4 Å². The van der Waals surface area contributed by atoms with E-state index in [9.17, 15) is 14.3 Å². The van der Waals surface area contributed by atoms with Crippen LogP contribution in [0.25, 0.3) is 27.5 Å². The molecule has 1 saturated carbocycles. The van der Waals surface area contributed by atoms with Gasteiger partial charge < -0.3 is 14.4 Å². The first-order valence-electron chi connectivity index (χ1n) is 11.5. The molecule has 3 heterocycles. The molecule has 4 aromatic rings. The van der Waals surface area contributed by atoms with Gasteiger partial charge in [0, 0.05) is 41.3 Å². The second kappa shape index (κ2) is 7.42. The number of nitrogens with zero attached hydrogens (tertiary/aromatic N) is 2. The highest BCUT2D eigenvalue weighted by Crippen LogP contribution is 2.52. The van der Waals surface area contributed by atoms with Crippen molar-refractivity contribution in [3.05, 3.63) is 59.2 Å². The molecule has 1 saturated heterocycles. The first-order valence-corrected chi connectivity index (χ1v) is 11.5. The summed E-state index contributed by atoms with van der Waals surface area (Å²) in [5.74, 6) is -0.711. The van der Waals surface area contributed by atoms with Crippen molar-refractivity contribution in [3.63, 3.8) is 0 Å². The van der Waals surface area contributed by atoms with Gasteiger partial charge in [-0.25, -0.2) is 4.39 Å². The zero-order chi connectivity index (χ0) is 22.7. The van der Waals surface area contributed by atoms with Gasteiger partial charge in [0.25, 0.3) is 0 Å². The van der Waals surface area contributed by atoms with Crippen molar-refractivity contribution in [1.82, 2.24) is 14.8 Å². The second-order valence-electron chi connectivity index (χ2n) is 9.61. The average Bonchev–Trinajstić information content (AvgIpc) is 3.36. The third-order valence-corrected chi connectivity index (χ3v) is 7.50. The molecule has 0 amide bonds. The first-order chi connectivity index (χ1) is 16.0. The molecule has 170 valence electrons. The van der Waals surface area contributed by atoms with Crippen LogP contribution in [-0.4, -0.2) is 39.1 Å². The van der Waals surface area contributed by atoms with Gasteiger partial charge in [-0.2, -0.15) is 5.10 Å². The van der Waals surface area contributed by atoms with Crippen LogP contribution in [0.4, 0.5) is 4.39 Å². The van der Waals surface area contributed by atoms with Gasteiger partial charge in [0.05, 0.1) is 22.6 Å². The predicted molar refractivity (Wildman–Crippen MR) is 123 cm³/mol. The maximum Gasteiger partial charge on any atom is 0.309 e. The summed E-state index contributed by atoms with van der Waals surface area (Å²) in [4.78, 5) is 12.2. The fourth-order valence-electron chi connectivity index (χ4n) is 5.40. The van der Waals surface area contributed by atoms with E-state index in [0.717, 1.165) is 51.6 Å². The molecular formula is C26H26FN3O3. The summed E-state index contributed by atoms with van der Waals surface area (Å²) >= 11 is 0. The van der Waals surface area contributed by atoms with E-state index in [1.807, 2.05) is 12.1 Å². The lowest BCUT2D eigenvalue weighted by atomic mass is 9.87. The topological polar surface area (TPSA) is 80.1 Å². The van der Waals surface area contributed by atoms with Crippen LogP contribution in [0.3, 0.4) is 0 Å². The highest BCUT2D eigenvalue weighted by Gasteiger charge is 2.51. The molecule has 0 radical (unpaired) electrons. The number of rotatable bonds is 5. The van der Waals surface area contributed by atoms with Crippen molar-refractivity contribution < 1.29 is 19.0 Å². The Labute approximate surface area is 190 Å². The number of aromatic amines is 1. The van der Waals surface area contributed by atoms with E-state index >= 15 is 0 Å². The first kappa shape index (κ1) is 20.4. The Hall–Kier alpha value is -3.19. The van der Waals surface area contributed by atoms with Gasteiger partial charge in [0.2, 0.25) is 0 Å². The number of hydrogen-bond donors (Lipinski definition) is 2. The monoisotopic (exact) mass is 447 g/mol. The molecule has 2 fully saturated rings. The summed E-state index contributed by atoms with van der Waals surface area (Å²) in [7, 11) is 0. The van der Waals surface area contributed by atoms with E-state index in [-0.39, 0.29) is 11.7 Å². The minimum Gasteiger partial charge on any atom is -0.481 e. The maximum absolute atomic E-state index is 14.2. The Kier molecular flexibility index (Phi) is 4.59. The van der Waals surface area contributed by atoms with E-state index < -0.39 is 11.4 Å². The minimum atomic E-state index is -0.721. The molecule has 33 heavy (non-hydrogen) atoms. The van der Waals surface area contributed by atoms with Crippen LogP contribution in [0.15, 0.2) is 36.5 Å². The molecule has 2 aliphatic rings. The van der Waals surface area contributed by atoms with E-state index in [0.29, 0.717) is 38.0 Å². The second-order valence-corrected chi connectivity index (χ2v) is 9.61. The third kappa shape index (κ3) is 3.25. The normalized spacial score (nSPS) is 18.2. The van der Waals surface area contributed by atoms with Crippen molar-refractivity contribution in [2.75, 3.05) is 13.2 Å². The smallest absolute Gasteiger partial charge is 0.309 e. The standard InChI is InChI=1S/C26H26FN3O3/c1-15-10-18(2-3-21(15)27)30-23-11-17-14-28-29-22(17)12-19(23)20(13-26(6-7-26)25(31)32)24(30)16-4-8-33-9-5-16/h2-3,10-12,14,16H,4-9,13H2,1H3,(H,28,29)(H,31,32). The van der Waals surface area contributed by atoms with E-state index in [2.05, 4.69) is 26.9 Å². The molecule has 1 aliphatic heterocycles. The Morgan fingerprint density at radius 1 is 1.27 bits per heavy atom. The van der Waals surface area contributed by atoms with Gasteiger partial charge in [-0.15, -0.1) is 0 Å². The lowest BCUT2D eigenvalue weighted by Crippen LogP contribution is -2.21. The van der Waals surface area contributed by atoms with E-state index in [1.54, 1.807) is 13.1 Å². The largest absolute Gasteiger partial charge is 0.481 e. The van der Waals surface area contributed by atoms with E-state index in [4.69, 9.17) is 4.74 Å². The zero-order valence-electron chi connectivity index (χ0n) is 18.5. The van der Waals surface area contributed by atoms with Crippen LogP contribution in [0.2, 0.25) is 0 Å². The number of aliphatic carboxylic acids is 1. The van der Waals surface area contributed by atoms with Crippen molar-refractivity contribution in [2.24, 2.45) is 5.41 Å². The number of ether oxygens (including phenoxy) is 1. The Morgan fingerprint density at radius 3 is 2.76 bits per heavy atom. The lowest BCUT2D eigenvalue weighted by molar-refractivity contribution is -0.143. The molecule has 2 aromatic heterocycles. The van der Waals surface area contributed by atoms with Crippen molar-refractivity contribution in [1.29, 1.82) is 0 Å². The predicted octanol–water partition coefficient (Wildman–Crippen LogP) is 5.26. The summed E-state index contributed by atoms with van der Waals surface area (Å²) in [6, 6.07) is 9.42. The fraction of sp³-hybridized carbons (Fsp3) is 0.385. The SMILES string of the molecule is Cc1cc(-n2c(C3CCOCC3)c(CC3(C(=O)O)CC3)c3cc4[nH]ncc4cc32)ccc1F. The highest BCUT2D eigenvalue weighted by molar-refractivity contribution is 5.99. The van der Waals surface area contributed by atoms with Crippen molar-refractivity contribution in [3.8, 4) is 5.69 Å². The van der Waals surface area contributed by atoms with Crippen LogP contribution in [0.5, 0.6) is 0 Å². The lowest BCUT2D eigenvalue weighted by Gasteiger charge is -2.26. The van der Waals surface area contributed by atoms with Gasteiger partial charge in [0.1, 0.15) is 5.82 Å². The van der Waals surface area contributed by atoms with Crippen LogP contribution < -0.4 is 0 Å². The molecule has 0 unspecified atom stereocenters. The molecule has 0 bridgehead atoms. The van der Waals surface area contributed by atoms with Gasteiger partial charge in [-0.05, 0) is 80.5 Å². The summed E-state index contributed by atoms with van der Waals surface area (Å²) < 4.78 is 22.1. The molecule has 2 N–H and O–H groups in total. The van der Waals surface area contributed by atoms with Crippen molar-refractivity contribution >= 4 is 27.8 Å². The number of halogens is 1. The summed E-state index contributed by atoms with van der Waals surface area (Å²) in [6.07, 6.45) is 5.45. The van der Waals surface area contributed by atoms with Crippen LogP contribution in [0, 0.1) is 18.2 Å². The number of carboxylic acids is 1. The summed E-state index contributed by atoms with van der Waals surface area (Å²) in [5, 5.41) is 19.3.